The van der Waals surface area contributed by atoms with E-state index in [1.54, 1.807) is 13.1 Å². The van der Waals surface area contributed by atoms with E-state index < -0.39 is 0 Å². The maximum absolute atomic E-state index is 12.1. The molecule has 2 rings (SSSR count). The summed E-state index contributed by atoms with van der Waals surface area (Å²) < 4.78 is 0. The summed E-state index contributed by atoms with van der Waals surface area (Å²) in [5.74, 6) is 0.368. The van der Waals surface area contributed by atoms with Crippen molar-refractivity contribution in [3.8, 4) is 0 Å². The van der Waals surface area contributed by atoms with Crippen LogP contribution in [0.25, 0.3) is 0 Å². The van der Waals surface area contributed by atoms with Gasteiger partial charge in [0.15, 0.2) is 5.16 Å². The maximum Gasteiger partial charge on any atom is 0.233 e. The van der Waals surface area contributed by atoms with Crippen molar-refractivity contribution in [2.75, 3.05) is 12.8 Å². The minimum atomic E-state index is -0.293. The van der Waals surface area contributed by atoms with Crippen molar-refractivity contribution in [1.29, 1.82) is 0 Å². The molecule has 0 fully saturated rings. The molecule has 1 amide bonds. The smallest absolute Gasteiger partial charge is 0.233 e. The van der Waals surface area contributed by atoms with Crippen LogP contribution in [0.2, 0.25) is 0 Å². The lowest BCUT2D eigenvalue weighted by molar-refractivity contribution is -0.120. The number of carbonyl (C=O) groups is 1. The van der Waals surface area contributed by atoms with Gasteiger partial charge in [0.2, 0.25) is 5.91 Å². The zero-order valence-electron chi connectivity index (χ0n) is 12.0. The van der Waals surface area contributed by atoms with Gasteiger partial charge in [0.05, 0.1) is 5.25 Å². The van der Waals surface area contributed by atoms with Crippen LogP contribution in [0.1, 0.15) is 11.3 Å². The van der Waals surface area contributed by atoms with Gasteiger partial charge in [-0.05, 0) is 18.9 Å². The number of amides is 1. The molecule has 0 unspecified atom stereocenters. The van der Waals surface area contributed by atoms with E-state index in [0.29, 0.717) is 17.4 Å². The minimum absolute atomic E-state index is 0.0486. The van der Waals surface area contributed by atoms with Crippen molar-refractivity contribution in [3.63, 3.8) is 0 Å². The number of hydrogen-bond acceptors (Lipinski definition) is 5. The minimum Gasteiger partial charge on any atom is -0.384 e. The number of benzene rings is 1. The summed E-state index contributed by atoms with van der Waals surface area (Å²) in [6.45, 7) is 1.86. The van der Waals surface area contributed by atoms with Gasteiger partial charge in [0.25, 0.3) is 0 Å². The molecule has 0 radical (unpaired) electrons. The Balaban J connectivity index is 2.18. The monoisotopic (exact) mass is 302 g/mol. The van der Waals surface area contributed by atoms with Crippen molar-refractivity contribution >= 4 is 23.5 Å². The molecular formula is C15H18N4OS. The molecule has 5 nitrogen and oxygen atoms in total. The number of anilines is 1. The summed E-state index contributed by atoms with van der Waals surface area (Å²) in [6.07, 6.45) is 0.613. The normalized spacial score (nSPS) is 11.9. The highest BCUT2D eigenvalue weighted by molar-refractivity contribution is 8.00. The highest BCUT2D eigenvalue weighted by Gasteiger charge is 2.21. The molecule has 1 heterocycles. The van der Waals surface area contributed by atoms with Crippen LogP contribution in [0, 0.1) is 6.92 Å². The van der Waals surface area contributed by atoms with Crippen LogP contribution >= 0.6 is 11.8 Å². The van der Waals surface area contributed by atoms with Gasteiger partial charge in [-0.2, -0.15) is 0 Å². The fourth-order valence-electron chi connectivity index (χ4n) is 1.92. The molecular weight excluding hydrogens is 284 g/mol. The summed E-state index contributed by atoms with van der Waals surface area (Å²) in [6, 6.07) is 11.6. The zero-order valence-corrected chi connectivity index (χ0v) is 12.9. The molecule has 0 bridgehead atoms. The van der Waals surface area contributed by atoms with Crippen LogP contribution in [0.3, 0.4) is 0 Å². The molecule has 3 N–H and O–H groups in total. The summed E-state index contributed by atoms with van der Waals surface area (Å²) in [7, 11) is 1.63. The average Bonchev–Trinajstić information content (AvgIpc) is 2.46. The zero-order chi connectivity index (χ0) is 15.2. The molecule has 2 aromatic rings. The maximum atomic E-state index is 12.1. The van der Waals surface area contributed by atoms with Crippen LogP contribution in [0.15, 0.2) is 41.6 Å². The van der Waals surface area contributed by atoms with E-state index in [-0.39, 0.29) is 11.2 Å². The number of nitrogens with zero attached hydrogens (tertiary/aromatic N) is 2. The lowest BCUT2D eigenvalue weighted by atomic mass is 10.1. The molecule has 110 valence electrons. The van der Waals surface area contributed by atoms with E-state index in [4.69, 9.17) is 5.73 Å². The standard InChI is InChI=1S/C15H18N4OS/c1-10-8-13(16)19-15(18-10)21-12(14(20)17-2)9-11-6-4-3-5-7-11/h3-8,12H,9H2,1-2H3,(H,17,20)(H2,16,18,19)/t12-/m1/s1. The summed E-state index contributed by atoms with van der Waals surface area (Å²) in [5.41, 5.74) is 7.62. The number of rotatable bonds is 5. The third-order valence-corrected chi connectivity index (χ3v) is 3.96. The SMILES string of the molecule is CNC(=O)[C@@H](Cc1ccccc1)Sc1nc(C)cc(N)n1. The topological polar surface area (TPSA) is 80.9 Å². The number of aryl methyl sites for hydroxylation is 1. The van der Waals surface area contributed by atoms with Gasteiger partial charge in [0.1, 0.15) is 5.82 Å². The van der Waals surface area contributed by atoms with Gasteiger partial charge < -0.3 is 11.1 Å². The van der Waals surface area contributed by atoms with Gasteiger partial charge in [-0.15, -0.1) is 0 Å². The molecule has 0 saturated heterocycles. The predicted molar refractivity (Wildman–Crippen MR) is 85.0 cm³/mol. The first-order chi connectivity index (χ1) is 10.1. The second-order valence-corrected chi connectivity index (χ2v) is 5.80. The largest absolute Gasteiger partial charge is 0.384 e. The van der Waals surface area contributed by atoms with Gasteiger partial charge in [-0.25, -0.2) is 9.97 Å². The Bertz CT molecular complexity index is 598. The number of aromatic nitrogens is 2. The first-order valence-corrected chi connectivity index (χ1v) is 7.50. The van der Waals surface area contributed by atoms with E-state index in [1.807, 2.05) is 37.3 Å². The number of nitrogens with two attached hydrogens (primary N) is 1. The van der Waals surface area contributed by atoms with Crippen molar-refractivity contribution in [1.82, 2.24) is 15.3 Å². The van der Waals surface area contributed by atoms with E-state index in [9.17, 15) is 4.79 Å². The quantitative estimate of drug-likeness (QED) is 0.650. The molecule has 0 aliphatic heterocycles. The van der Waals surface area contributed by atoms with E-state index >= 15 is 0 Å². The Morgan fingerprint density at radius 3 is 2.67 bits per heavy atom. The number of thioether (sulfide) groups is 1. The Morgan fingerprint density at radius 1 is 1.33 bits per heavy atom. The van der Waals surface area contributed by atoms with Crippen LogP contribution in [-0.4, -0.2) is 28.2 Å². The van der Waals surface area contributed by atoms with Gasteiger partial charge in [-0.3, -0.25) is 4.79 Å². The first-order valence-electron chi connectivity index (χ1n) is 6.62. The van der Waals surface area contributed by atoms with Gasteiger partial charge >= 0.3 is 0 Å². The Morgan fingerprint density at radius 2 is 2.05 bits per heavy atom. The first kappa shape index (κ1) is 15.3. The Kier molecular flexibility index (Phi) is 5.16. The fourth-order valence-corrected chi connectivity index (χ4v) is 3.03. The second kappa shape index (κ2) is 7.08. The van der Waals surface area contributed by atoms with Crippen molar-refractivity contribution in [2.24, 2.45) is 0 Å². The molecule has 1 aromatic heterocycles. The second-order valence-electron chi connectivity index (χ2n) is 4.63. The Labute approximate surface area is 128 Å². The van der Waals surface area contributed by atoms with Crippen LogP contribution in [-0.2, 0) is 11.2 Å². The molecule has 0 aliphatic rings. The molecule has 21 heavy (non-hydrogen) atoms. The highest BCUT2D eigenvalue weighted by atomic mass is 32.2. The van der Waals surface area contributed by atoms with Crippen molar-refractivity contribution in [3.05, 3.63) is 47.7 Å². The van der Waals surface area contributed by atoms with Gasteiger partial charge in [-0.1, -0.05) is 42.1 Å². The summed E-state index contributed by atoms with van der Waals surface area (Å²) in [4.78, 5) is 20.6. The predicted octanol–water partition coefficient (Wildman–Crippen LogP) is 1.82. The van der Waals surface area contributed by atoms with Crippen LogP contribution in [0.5, 0.6) is 0 Å². The molecule has 0 spiro atoms. The van der Waals surface area contributed by atoms with E-state index in [1.165, 1.54) is 11.8 Å². The van der Waals surface area contributed by atoms with Crippen molar-refractivity contribution < 1.29 is 4.79 Å². The molecule has 0 aliphatic carbocycles. The molecule has 1 aromatic carbocycles. The number of carbonyl (C=O) groups excluding carboxylic acids is 1. The van der Waals surface area contributed by atoms with Crippen LogP contribution in [0.4, 0.5) is 5.82 Å². The molecule has 0 saturated carbocycles. The van der Waals surface area contributed by atoms with Gasteiger partial charge in [0, 0.05) is 18.8 Å². The number of hydrogen-bond donors (Lipinski definition) is 2. The third-order valence-electron chi connectivity index (χ3n) is 2.90. The molecule has 6 heteroatoms. The fraction of sp³-hybridized carbons (Fsp3) is 0.267. The summed E-state index contributed by atoms with van der Waals surface area (Å²) in [5, 5.41) is 2.92. The lowest BCUT2D eigenvalue weighted by Gasteiger charge is -2.14. The van der Waals surface area contributed by atoms with Crippen LogP contribution < -0.4 is 11.1 Å². The Hall–Kier alpha value is -2.08. The third kappa shape index (κ3) is 4.46. The highest BCUT2D eigenvalue weighted by Crippen LogP contribution is 2.24. The lowest BCUT2D eigenvalue weighted by Crippen LogP contribution is -2.31. The molecule has 1 atom stereocenters. The van der Waals surface area contributed by atoms with Crippen molar-refractivity contribution in [2.45, 2.75) is 23.8 Å². The number of nitrogen functional groups attached to an aromatic ring is 1. The summed E-state index contributed by atoms with van der Waals surface area (Å²) >= 11 is 1.33. The van der Waals surface area contributed by atoms with E-state index in [2.05, 4.69) is 15.3 Å². The van der Waals surface area contributed by atoms with E-state index in [0.717, 1.165) is 11.3 Å². The number of nitrogens with one attached hydrogen (secondary N) is 1. The average molecular weight is 302 g/mol.